The average Bonchev–Trinajstić information content (AvgIpc) is 2.44. The molecule has 0 aromatic heterocycles. The molecular formula is C18H22BrNO3. The van der Waals surface area contributed by atoms with Gasteiger partial charge in [0.15, 0.2) is 0 Å². The van der Waals surface area contributed by atoms with Crippen molar-refractivity contribution in [2.24, 2.45) is 0 Å². The predicted molar refractivity (Wildman–Crippen MR) is 93.2 cm³/mol. The second-order valence-corrected chi connectivity index (χ2v) is 7.96. The monoisotopic (exact) mass is 379 g/mol. The summed E-state index contributed by atoms with van der Waals surface area (Å²) in [4.78, 5) is 14.4. The van der Waals surface area contributed by atoms with E-state index in [4.69, 9.17) is 9.47 Å². The van der Waals surface area contributed by atoms with E-state index >= 15 is 0 Å². The SMILES string of the molecule is CC(C)(C)OC(=O)N1C2C=C(c3ccc(Br)cc3)CC1COC2. The van der Waals surface area contributed by atoms with Crippen molar-refractivity contribution in [3.05, 3.63) is 40.4 Å². The summed E-state index contributed by atoms with van der Waals surface area (Å²) in [6.45, 7) is 6.76. The third-order valence-corrected chi connectivity index (χ3v) is 4.55. The summed E-state index contributed by atoms with van der Waals surface area (Å²) in [6.07, 6.45) is 2.68. The zero-order valence-electron chi connectivity index (χ0n) is 13.7. The smallest absolute Gasteiger partial charge is 0.411 e. The van der Waals surface area contributed by atoms with Gasteiger partial charge in [-0.05, 0) is 50.5 Å². The molecule has 0 saturated carbocycles. The molecule has 2 atom stereocenters. The number of benzene rings is 1. The maximum Gasteiger partial charge on any atom is 0.411 e. The molecule has 2 aliphatic heterocycles. The summed E-state index contributed by atoms with van der Waals surface area (Å²) in [5, 5.41) is 0. The van der Waals surface area contributed by atoms with Gasteiger partial charge in [-0.1, -0.05) is 34.1 Å². The number of nitrogens with zero attached hydrogens (tertiary/aromatic N) is 1. The first-order chi connectivity index (χ1) is 10.8. The van der Waals surface area contributed by atoms with Crippen molar-refractivity contribution in [2.45, 2.75) is 44.9 Å². The van der Waals surface area contributed by atoms with Crippen LogP contribution in [0.1, 0.15) is 32.8 Å². The number of hydrogen-bond acceptors (Lipinski definition) is 3. The molecule has 23 heavy (non-hydrogen) atoms. The van der Waals surface area contributed by atoms with Crippen LogP contribution in [0.3, 0.4) is 0 Å². The van der Waals surface area contributed by atoms with Gasteiger partial charge >= 0.3 is 6.09 Å². The Labute approximate surface area is 145 Å². The molecule has 2 aliphatic rings. The largest absolute Gasteiger partial charge is 0.444 e. The number of hydrogen-bond donors (Lipinski definition) is 0. The molecule has 2 bridgehead atoms. The lowest BCUT2D eigenvalue weighted by Gasteiger charge is -2.44. The quantitative estimate of drug-likeness (QED) is 0.732. The van der Waals surface area contributed by atoms with Crippen LogP contribution in [0.15, 0.2) is 34.8 Å². The standard InChI is InChI=1S/C18H22BrNO3/c1-18(2,3)23-17(21)20-15-8-13(9-16(20)11-22-10-15)12-4-6-14(19)7-5-12/h4-8,15-16H,9-11H2,1-3H3. The minimum Gasteiger partial charge on any atom is -0.444 e. The van der Waals surface area contributed by atoms with Crippen LogP contribution in [0.4, 0.5) is 4.79 Å². The van der Waals surface area contributed by atoms with Crippen molar-refractivity contribution < 1.29 is 14.3 Å². The van der Waals surface area contributed by atoms with Crippen LogP contribution in [0.5, 0.6) is 0 Å². The van der Waals surface area contributed by atoms with Crippen LogP contribution in [-0.4, -0.2) is 41.9 Å². The van der Waals surface area contributed by atoms with E-state index in [1.165, 1.54) is 11.1 Å². The van der Waals surface area contributed by atoms with Gasteiger partial charge in [0.25, 0.3) is 0 Å². The van der Waals surface area contributed by atoms with E-state index in [2.05, 4.69) is 34.1 Å². The van der Waals surface area contributed by atoms with Crippen molar-refractivity contribution >= 4 is 27.6 Å². The zero-order valence-corrected chi connectivity index (χ0v) is 15.3. The van der Waals surface area contributed by atoms with Gasteiger partial charge in [0.1, 0.15) is 5.60 Å². The Bertz CT molecular complexity index is 618. The summed E-state index contributed by atoms with van der Waals surface area (Å²) >= 11 is 3.47. The lowest BCUT2D eigenvalue weighted by atomic mass is 9.90. The number of halogens is 1. The molecule has 4 nitrogen and oxygen atoms in total. The Morgan fingerprint density at radius 1 is 1.26 bits per heavy atom. The Balaban J connectivity index is 1.84. The van der Waals surface area contributed by atoms with Crippen molar-refractivity contribution in [1.29, 1.82) is 0 Å². The number of morpholine rings is 1. The van der Waals surface area contributed by atoms with E-state index in [1.54, 1.807) is 0 Å². The summed E-state index contributed by atoms with van der Waals surface area (Å²) in [6, 6.07) is 8.28. The van der Waals surface area contributed by atoms with Gasteiger partial charge in [0.05, 0.1) is 25.3 Å². The van der Waals surface area contributed by atoms with E-state index in [0.29, 0.717) is 13.2 Å². The second-order valence-electron chi connectivity index (χ2n) is 7.05. The molecule has 1 aromatic carbocycles. The van der Waals surface area contributed by atoms with Crippen molar-refractivity contribution in [3.63, 3.8) is 0 Å². The highest BCUT2D eigenvalue weighted by Gasteiger charge is 2.40. The number of rotatable bonds is 1. The predicted octanol–water partition coefficient (Wildman–Crippen LogP) is 4.24. The number of carbonyl (C=O) groups excluding carboxylic acids is 1. The number of amides is 1. The highest BCUT2D eigenvalue weighted by Crippen LogP contribution is 2.33. The average molecular weight is 380 g/mol. The fourth-order valence-electron chi connectivity index (χ4n) is 3.07. The molecule has 0 aliphatic carbocycles. The molecule has 2 unspecified atom stereocenters. The minimum atomic E-state index is -0.484. The third-order valence-electron chi connectivity index (χ3n) is 4.02. The minimum absolute atomic E-state index is 0.0345. The molecule has 0 spiro atoms. The molecule has 1 aromatic rings. The third kappa shape index (κ3) is 3.78. The summed E-state index contributed by atoms with van der Waals surface area (Å²) in [7, 11) is 0. The van der Waals surface area contributed by atoms with E-state index < -0.39 is 5.60 Å². The molecule has 2 heterocycles. The highest BCUT2D eigenvalue weighted by atomic mass is 79.9. The lowest BCUT2D eigenvalue weighted by molar-refractivity contribution is -0.0510. The van der Waals surface area contributed by atoms with Crippen molar-refractivity contribution in [2.75, 3.05) is 13.2 Å². The van der Waals surface area contributed by atoms with Gasteiger partial charge < -0.3 is 9.47 Å². The first kappa shape index (κ1) is 16.5. The van der Waals surface area contributed by atoms with Gasteiger partial charge in [-0.3, -0.25) is 4.90 Å². The highest BCUT2D eigenvalue weighted by molar-refractivity contribution is 9.10. The van der Waals surface area contributed by atoms with Gasteiger partial charge in [-0.15, -0.1) is 0 Å². The molecule has 0 N–H and O–H groups in total. The second kappa shape index (κ2) is 6.29. The molecule has 124 valence electrons. The van der Waals surface area contributed by atoms with Crippen molar-refractivity contribution in [1.82, 2.24) is 4.90 Å². The van der Waals surface area contributed by atoms with Crippen LogP contribution < -0.4 is 0 Å². The van der Waals surface area contributed by atoms with Crippen LogP contribution >= 0.6 is 15.9 Å². The summed E-state index contributed by atoms with van der Waals surface area (Å²) in [5.41, 5.74) is 1.99. The van der Waals surface area contributed by atoms with Gasteiger partial charge in [0, 0.05) is 4.47 Å². The first-order valence-corrected chi connectivity index (χ1v) is 8.68. The lowest BCUT2D eigenvalue weighted by Crippen LogP contribution is -2.57. The number of carbonyl (C=O) groups is 1. The summed E-state index contributed by atoms with van der Waals surface area (Å²) in [5.74, 6) is 0. The van der Waals surface area contributed by atoms with Gasteiger partial charge in [-0.2, -0.15) is 0 Å². The topological polar surface area (TPSA) is 38.8 Å². The molecule has 0 radical (unpaired) electrons. The van der Waals surface area contributed by atoms with E-state index in [1.807, 2.05) is 37.8 Å². The van der Waals surface area contributed by atoms with E-state index in [9.17, 15) is 4.79 Å². The molecule has 1 amide bonds. The molecular weight excluding hydrogens is 358 g/mol. The Kier molecular flexibility index (Phi) is 4.52. The fourth-order valence-corrected chi connectivity index (χ4v) is 3.34. The Hall–Kier alpha value is -1.33. The number of fused-ring (bicyclic) bond motifs is 2. The maximum absolute atomic E-state index is 12.5. The first-order valence-electron chi connectivity index (χ1n) is 7.89. The number of ether oxygens (including phenoxy) is 2. The van der Waals surface area contributed by atoms with Crippen LogP contribution in [0.25, 0.3) is 5.57 Å². The van der Waals surface area contributed by atoms with Gasteiger partial charge in [-0.25, -0.2) is 4.79 Å². The van der Waals surface area contributed by atoms with Crippen LogP contribution in [-0.2, 0) is 9.47 Å². The van der Waals surface area contributed by atoms with Crippen LogP contribution in [0, 0.1) is 0 Å². The molecule has 1 fully saturated rings. The Morgan fingerprint density at radius 2 is 1.96 bits per heavy atom. The van der Waals surface area contributed by atoms with Crippen LogP contribution in [0.2, 0.25) is 0 Å². The maximum atomic E-state index is 12.5. The molecule has 1 saturated heterocycles. The van der Waals surface area contributed by atoms with E-state index in [-0.39, 0.29) is 18.2 Å². The van der Waals surface area contributed by atoms with Gasteiger partial charge in [0.2, 0.25) is 0 Å². The molecule has 5 heteroatoms. The van der Waals surface area contributed by atoms with E-state index in [0.717, 1.165) is 10.9 Å². The van der Waals surface area contributed by atoms with Crippen molar-refractivity contribution in [3.8, 4) is 0 Å². The molecule has 3 rings (SSSR count). The summed E-state index contributed by atoms with van der Waals surface area (Å²) < 4.78 is 12.3. The normalized spacial score (nSPS) is 24.2. The fraction of sp³-hybridized carbons (Fsp3) is 0.500. The Morgan fingerprint density at radius 3 is 2.57 bits per heavy atom. The zero-order chi connectivity index (χ0) is 16.6.